The maximum Gasteiger partial charge on any atom is 0.243 e. The average Bonchev–Trinajstić information content (AvgIpc) is 2.84. The van der Waals surface area contributed by atoms with Crippen molar-refractivity contribution in [3.63, 3.8) is 0 Å². The molecule has 0 radical (unpaired) electrons. The SMILES string of the molecule is Cc1ccccc1S(=O)(=O)N1CCC[C@@](COc2ccccc2)(CC(=O)N2CCN(C)CC2)C1. The number of para-hydroxylation sites is 1. The first kappa shape index (κ1) is 24.7. The fourth-order valence-corrected chi connectivity index (χ4v) is 6.72. The van der Waals surface area contributed by atoms with Crippen molar-refractivity contribution in [2.45, 2.75) is 31.1 Å². The fraction of sp³-hybridized carbons (Fsp3) is 0.500. The molecule has 4 rings (SSSR count). The molecular weight excluding hydrogens is 450 g/mol. The number of aryl methyl sites for hydroxylation is 1. The second-order valence-corrected chi connectivity index (χ2v) is 11.6. The maximum absolute atomic E-state index is 13.6. The Hall–Kier alpha value is -2.42. The molecule has 8 heteroatoms. The Kier molecular flexibility index (Phi) is 7.60. The molecule has 1 atom stereocenters. The number of hydrogen-bond acceptors (Lipinski definition) is 5. The Bertz CT molecular complexity index is 1080. The summed E-state index contributed by atoms with van der Waals surface area (Å²) in [7, 11) is -1.61. The van der Waals surface area contributed by atoms with Gasteiger partial charge < -0.3 is 14.5 Å². The van der Waals surface area contributed by atoms with Crippen molar-refractivity contribution in [2.24, 2.45) is 5.41 Å². The van der Waals surface area contributed by atoms with Crippen molar-refractivity contribution in [1.82, 2.24) is 14.1 Å². The Balaban J connectivity index is 1.57. The number of rotatable bonds is 7. The monoisotopic (exact) mass is 485 g/mol. The highest BCUT2D eigenvalue weighted by molar-refractivity contribution is 7.89. The molecule has 2 heterocycles. The van der Waals surface area contributed by atoms with Gasteiger partial charge in [-0.05, 0) is 50.6 Å². The van der Waals surface area contributed by atoms with Crippen LogP contribution in [0.3, 0.4) is 0 Å². The van der Waals surface area contributed by atoms with Crippen LogP contribution in [0.1, 0.15) is 24.8 Å². The van der Waals surface area contributed by atoms with Gasteiger partial charge >= 0.3 is 0 Å². The lowest BCUT2D eigenvalue weighted by atomic mass is 9.78. The molecule has 0 N–H and O–H groups in total. The molecule has 0 spiro atoms. The Morgan fingerprint density at radius 3 is 2.35 bits per heavy atom. The maximum atomic E-state index is 13.6. The molecule has 2 fully saturated rings. The highest BCUT2D eigenvalue weighted by Gasteiger charge is 2.43. The normalized spacial score (nSPS) is 22.5. The predicted molar refractivity (Wildman–Crippen MR) is 132 cm³/mol. The van der Waals surface area contributed by atoms with Crippen molar-refractivity contribution < 1.29 is 17.9 Å². The van der Waals surface area contributed by atoms with E-state index in [9.17, 15) is 13.2 Å². The molecule has 2 aliphatic heterocycles. The van der Waals surface area contributed by atoms with Crippen LogP contribution in [0.4, 0.5) is 0 Å². The number of ether oxygens (including phenoxy) is 1. The molecule has 2 aromatic carbocycles. The zero-order chi connectivity index (χ0) is 24.2. The minimum Gasteiger partial charge on any atom is -0.493 e. The molecule has 2 aromatic rings. The minimum absolute atomic E-state index is 0.0832. The van der Waals surface area contributed by atoms with Gasteiger partial charge in [-0.25, -0.2) is 8.42 Å². The Labute approximate surface area is 203 Å². The zero-order valence-electron chi connectivity index (χ0n) is 20.2. The van der Waals surface area contributed by atoms with E-state index in [1.54, 1.807) is 16.4 Å². The van der Waals surface area contributed by atoms with Gasteiger partial charge in [0.1, 0.15) is 5.75 Å². The third-order valence-electron chi connectivity index (χ3n) is 7.01. The summed E-state index contributed by atoms with van der Waals surface area (Å²) in [4.78, 5) is 17.8. The molecule has 0 unspecified atom stereocenters. The smallest absolute Gasteiger partial charge is 0.243 e. The van der Waals surface area contributed by atoms with Crippen LogP contribution < -0.4 is 4.74 Å². The van der Waals surface area contributed by atoms with Gasteiger partial charge in [-0.3, -0.25) is 4.79 Å². The molecule has 7 nitrogen and oxygen atoms in total. The minimum atomic E-state index is -3.67. The standard InChI is InChI=1S/C26H35N3O4S/c1-22-9-6-7-12-24(22)34(31,32)29-14-8-13-26(20-29,21-33-23-10-4-3-5-11-23)19-25(30)28-17-15-27(2)16-18-28/h3-7,9-12H,8,13-21H2,1-2H3/t26-/m1/s1. The molecule has 1 amide bonds. The van der Waals surface area contributed by atoms with Gasteiger partial charge in [0, 0.05) is 51.1 Å². The predicted octanol–water partition coefficient (Wildman–Crippen LogP) is 3.01. The van der Waals surface area contributed by atoms with E-state index >= 15 is 0 Å². The number of benzene rings is 2. The van der Waals surface area contributed by atoms with Gasteiger partial charge in [0.2, 0.25) is 15.9 Å². The molecule has 34 heavy (non-hydrogen) atoms. The number of sulfonamides is 1. The van der Waals surface area contributed by atoms with E-state index in [0.717, 1.165) is 30.8 Å². The lowest BCUT2D eigenvalue weighted by molar-refractivity contribution is -0.136. The number of carbonyl (C=O) groups excluding carboxylic acids is 1. The highest BCUT2D eigenvalue weighted by Crippen LogP contribution is 2.37. The number of piperazine rings is 1. The lowest BCUT2D eigenvalue weighted by Gasteiger charge is -2.43. The van der Waals surface area contributed by atoms with Crippen LogP contribution in [0.15, 0.2) is 59.5 Å². The largest absolute Gasteiger partial charge is 0.493 e. The van der Waals surface area contributed by atoms with Crippen LogP contribution in [0.5, 0.6) is 5.75 Å². The van der Waals surface area contributed by atoms with Gasteiger partial charge in [0.05, 0.1) is 11.5 Å². The molecule has 0 bridgehead atoms. The van der Waals surface area contributed by atoms with Gasteiger partial charge in [0.15, 0.2) is 0 Å². The van der Waals surface area contributed by atoms with E-state index in [1.165, 1.54) is 0 Å². The van der Waals surface area contributed by atoms with Crippen molar-refractivity contribution >= 4 is 15.9 Å². The second-order valence-electron chi connectivity index (χ2n) is 9.67. The van der Waals surface area contributed by atoms with Crippen LogP contribution in [0.25, 0.3) is 0 Å². The van der Waals surface area contributed by atoms with Crippen molar-refractivity contribution in [1.29, 1.82) is 0 Å². The average molecular weight is 486 g/mol. The van der Waals surface area contributed by atoms with Gasteiger partial charge in [-0.2, -0.15) is 4.31 Å². The van der Waals surface area contributed by atoms with Gasteiger partial charge in [-0.15, -0.1) is 0 Å². The quantitative estimate of drug-likeness (QED) is 0.603. The summed E-state index contributed by atoms with van der Waals surface area (Å²) < 4.78 is 34.9. The summed E-state index contributed by atoms with van der Waals surface area (Å²) in [6, 6.07) is 16.6. The summed E-state index contributed by atoms with van der Waals surface area (Å²) in [6.45, 7) is 5.96. The van der Waals surface area contributed by atoms with E-state index < -0.39 is 15.4 Å². The van der Waals surface area contributed by atoms with Gasteiger partial charge in [0.25, 0.3) is 0 Å². The summed E-state index contributed by atoms with van der Waals surface area (Å²) >= 11 is 0. The molecule has 0 saturated carbocycles. The Morgan fingerprint density at radius 1 is 0.971 bits per heavy atom. The van der Waals surface area contributed by atoms with E-state index in [1.807, 2.05) is 54.3 Å². The van der Waals surface area contributed by atoms with Crippen molar-refractivity contribution in [3.8, 4) is 5.75 Å². The van der Waals surface area contributed by atoms with Crippen LogP contribution in [-0.4, -0.2) is 81.4 Å². The van der Waals surface area contributed by atoms with Crippen molar-refractivity contribution in [3.05, 3.63) is 60.2 Å². The third kappa shape index (κ3) is 5.62. The number of hydrogen-bond donors (Lipinski definition) is 0. The fourth-order valence-electron chi connectivity index (χ4n) is 4.91. The summed E-state index contributed by atoms with van der Waals surface area (Å²) in [5.41, 5.74) is 0.150. The third-order valence-corrected chi connectivity index (χ3v) is 9.01. The lowest BCUT2D eigenvalue weighted by Crippen LogP contribution is -2.53. The van der Waals surface area contributed by atoms with Crippen LogP contribution in [-0.2, 0) is 14.8 Å². The van der Waals surface area contributed by atoms with E-state index in [4.69, 9.17) is 4.74 Å². The van der Waals surface area contributed by atoms with Crippen LogP contribution in [0.2, 0.25) is 0 Å². The molecule has 0 aliphatic carbocycles. The molecule has 184 valence electrons. The zero-order valence-corrected chi connectivity index (χ0v) is 21.0. The molecular formula is C26H35N3O4S. The first-order valence-electron chi connectivity index (χ1n) is 12.0. The second kappa shape index (κ2) is 10.5. The number of carbonyl (C=O) groups is 1. The highest BCUT2D eigenvalue weighted by atomic mass is 32.2. The summed E-state index contributed by atoms with van der Waals surface area (Å²) in [5, 5.41) is 0. The first-order chi connectivity index (χ1) is 16.3. The summed E-state index contributed by atoms with van der Waals surface area (Å²) in [6.07, 6.45) is 1.72. The number of likely N-dealkylation sites (N-methyl/N-ethyl adjacent to an activating group) is 1. The number of piperidine rings is 1. The van der Waals surface area contributed by atoms with E-state index in [2.05, 4.69) is 11.9 Å². The van der Waals surface area contributed by atoms with Crippen LogP contribution in [0, 0.1) is 12.3 Å². The van der Waals surface area contributed by atoms with E-state index in [0.29, 0.717) is 37.6 Å². The Morgan fingerprint density at radius 2 is 1.65 bits per heavy atom. The van der Waals surface area contributed by atoms with Crippen molar-refractivity contribution in [2.75, 3.05) is 52.9 Å². The molecule has 0 aromatic heterocycles. The number of nitrogens with zero attached hydrogens (tertiary/aromatic N) is 3. The van der Waals surface area contributed by atoms with Crippen LogP contribution >= 0.6 is 0 Å². The topological polar surface area (TPSA) is 70.2 Å². The van der Waals surface area contributed by atoms with Gasteiger partial charge in [-0.1, -0.05) is 36.4 Å². The number of amides is 1. The molecule has 2 saturated heterocycles. The molecule has 2 aliphatic rings. The first-order valence-corrected chi connectivity index (χ1v) is 13.4. The summed E-state index contributed by atoms with van der Waals surface area (Å²) in [5.74, 6) is 0.813. The van der Waals surface area contributed by atoms with E-state index in [-0.39, 0.29) is 18.9 Å².